The van der Waals surface area contributed by atoms with Crippen molar-refractivity contribution in [1.29, 1.82) is 0 Å². The molecule has 2 aromatic carbocycles. The molecule has 0 unspecified atom stereocenters. The molecule has 1 saturated carbocycles. The summed E-state index contributed by atoms with van der Waals surface area (Å²) in [6, 6.07) is 15.6. The van der Waals surface area contributed by atoms with E-state index in [9.17, 15) is 9.59 Å². The van der Waals surface area contributed by atoms with Crippen molar-refractivity contribution in [2.24, 2.45) is 11.8 Å². The lowest BCUT2D eigenvalue weighted by Crippen LogP contribution is -2.39. The van der Waals surface area contributed by atoms with Gasteiger partial charge in [-0.25, -0.2) is 4.79 Å². The molecule has 2 saturated heterocycles. The second-order valence-corrected chi connectivity index (χ2v) is 10.3. The van der Waals surface area contributed by atoms with Crippen LogP contribution in [-0.2, 0) is 4.74 Å². The van der Waals surface area contributed by atoms with Crippen molar-refractivity contribution in [3.05, 3.63) is 70.3 Å². The first-order chi connectivity index (χ1) is 16.4. The van der Waals surface area contributed by atoms with Crippen molar-refractivity contribution in [3.63, 3.8) is 0 Å². The van der Waals surface area contributed by atoms with Crippen molar-refractivity contribution in [1.82, 2.24) is 4.90 Å². The number of halogens is 1. The quantitative estimate of drug-likeness (QED) is 0.498. The number of amides is 2. The Balaban J connectivity index is 1.24. The van der Waals surface area contributed by atoms with Crippen molar-refractivity contribution in [2.75, 3.05) is 24.6 Å². The fourth-order valence-corrected chi connectivity index (χ4v) is 5.36. The Labute approximate surface area is 206 Å². The lowest BCUT2D eigenvalue weighted by Gasteiger charge is -2.33. The van der Waals surface area contributed by atoms with Gasteiger partial charge in [0.05, 0.1) is 6.04 Å². The number of hydrogen-bond donors (Lipinski definition) is 0. The highest BCUT2D eigenvalue weighted by Gasteiger charge is 2.36. The van der Waals surface area contributed by atoms with Gasteiger partial charge in [0.1, 0.15) is 6.61 Å². The van der Waals surface area contributed by atoms with Crippen LogP contribution in [0.5, 0.6) is 0 Å². The molecule has 0 spiro atoms. The number of rotatable bonds is 5. The smallest absolute Gasteiger partial charge is 0.414 e. The van der Waals surface area contributed by atoms with Crippen LogP contribution < -0.4 is 4.90 Å². The van der Waals surface area contributed by atoms with E-state index in [0.29, 0.717) is 18.1 Å². The third-order valence-electron chi connectivity index (χ3n) is 7.29. The second kappa shape index (κ2) is 9.46. The first-order valence-electron chi connectivity index (χ1n) is 12.3. The van der Waals surface area contributed by atoms with Crippen LogP contribution in [0.15, 0.2) is 54.1 Å². The van der Waals surface area contributed by atoms with Crippen molar-refractivity contribution in [2.45, 2.75) is 45.6 Å². The number of anilines is 1. The summed E-state index contributed by atoms with van der Waals surface area (Å²) < 4.78 is 5.26. The van der Waals surface area contributed by atoms with E-state index in [4.69, 9.17) is 16.3 Å². The van der Waals surface area contributed by atoms with Crippen LogP contribution in [0, 0.1) is 11.8 Å². The van der Waals surface area contributed by atoms with Gasteiger partial charge in [0, 0.05) is 29.4 Å². The molecule has 0 bridgehead atoms. The molecule has 5 nitrogen and oxygen atoms in total. The zero-order valence-electron chi connectivity index (χ0n) is 19.8. The van der Waals surface area contributed by atoms with Crippen LogP contribution in [0.2, 0.25) is 5.02 Å². The van der Waals surface area contributed by atoms with Gasteiger partial charge < -0.3 is 9.64 Å². The lowest BCUT2D eigenvalue weighted by molar-refractivity contribution is 0.0708. The molecule has 5 rings (SSSR count). The first kappa shape index (κ1) is 23.0. The van der Waals surface area contributed by atoms with Crippen molar-refractivity contribution < 1.29 is 14.3 Å². The molecule has 6 heteroatoms. The highest BCUT2D eigenvalue weighted by atomic mass is 35.5. The zero-order chi connectivity index (χ0) is 23.8. The van der Waals surface area contributed by atoms with Crippen LogP contribution in [0.4, 0.5) is 10.5 Å². The molecule has 0 aromatic heterocycles. The SMILES string of the molecule is CC(C)[C@@H]1COC(=O)N1c1ccc(C(=O)N2CCC(C(=C3CC3)c3ccc(Cl)cc3)CC2)cc1. The summed E-state index contributed by atoms with van der Waals surface area (Å²) in [5, 5.41) is 0.761. The van der Waals surface area contributed by atoms with Gasteiger partial charge >= 0.3 is 6.09 Å². The van der Waals surface area contributed by atoms with Crippen LogP contribution in [-0.4, -0.2) is 42.6 Å². The van der Waals surface area contributed by atoms with Crippen LogP contribution in [0.3, 0.4) is 0 Å². The monoisotopic (exact) mass is 478 g/mol. The Hall–Kier alpha value is -2.79. The summed E-state index contributed by atoms with van der Waals surface area (Å²) in [5.41, 5.74) is 5.75. The third kappa shape index (κ3) is 4.58. The van der Waals surface area contributed by atoms with Gasteiger partial charge in [-0.2, -0.15) is 0 Å². The van der Waals surface area contributed by atoms with Gasteiger partial charge in [-0.05, 0) is 85.1 Å². The van der Waals surface area contributed by atoms with Gasteiger partial charge in [-0.1, -0.05) is 43.2 Å². The predicted molar refractivity (Wildman–Crippen MR) is 135 cm³/mol. The Morgan fingerprint density at radius 2 is 1.59 bits per heavy atom. The number of allylic oxidation sites excluding steroid dienone is 2. The summed E-state index contributed by atoms with van der Waals surface area (Å²) in [7, 11) is 0. The summed E-state index contributed by atoms with van der Waals surface area (Å²) >= 11 is 6.10. The van der Waals surface area contributed by atoms with E-state index in [0.717, 1.165) is 36.6 Å². The second-order valence-electron chi connectivity index (χ2n) is 9.90. The minimum Gasteiger partial charge on any atom is -0.447 e. The Bertz CT molecular complexity index is 1090. The molecule has 0 N–H and O–H groups in total. The van der Waals surface area contributed by atoms with E-state index in [1.54, 1.807) is 10.5 Å². The molecule has 1 aliphatic carbocycles. The molecule has 2 aliphatic heterocycles. The average Bonchev–Trinajstić information content (AvgIpc) is 3.60. The average molecular weight is 479 g/mol. The summed E-state index contributed by atoms with van der Waals surface area (Å²) in [6.07, 6.45) is 4.00. The topological polar surface area (TPSA) is 49.9 Å². The lowest BCUT2D eigenvalue weighted by atomic mass is 9.84. The number of cyclic esters (lactones) is 1. The Morgan fingerprint density at radius 1 is 0.971 bits per heavy atom. The maximum Gasteiger partial charge on any atom is 0.414 e. The number of likely N-dealkylation sites (tertiary alicyclic amines) is 1. The first-order valence-corrected chi connectivity index (χ1v) is 12.6. The maximum absolute atomic E-state index is 13.2. The van der Waals surface area contributed by atoms with E-state index >= 15 is 0 Å². The molecular formula is C28H31ClN2O3. The molecule has 2 amide bonds. The Morgan fingerprint density at radius 3 is 2.18 bits per heavy atom. The molecule has 34 heavy (non-hydrogen) atoms. The number of hydrogen-bond acceptors (Lipinski definition) is 3. The van der Waals surface area contributed by atoms with Gasteiger partial charge in [0.2, 0.25) is 0 Å². The maximum atomic E-state index is 13.2. The molecule has 0 radical (unpaired) electrons. The van der Waals surface area contributed by atoms with Gasteiger partial charge in [-0.3, -0.25) is 9.69 Å². The molecule has 178 valence electrons. The normalized spacial score (nSPS) is 20.6. The van der Waals surface area contributed by atoms with Crippen molar-refractivity contribution >= 4 is 34.9 Å². The number of nitrogens with zero attached hydrogens (tertiary/aromatic N) is 2. The van der Waals surface area contributed by atoms with E-state index in [-0.39, 0.29) is 24.0 Å². The highest BCUT2D eigenvalue weighted by Crippen LogP contribution is 2.43. The molecule has 3 fully saturated rings. The standard InChI is InChI=1S/C28H31ClN2O3/c1-18(2)25-17-34-28(33)31(25)24-11-7-22(8-12-24)27(32)30-15-13-21(14-16-30)26(19-3-4-19)20-5-9-23(29)10-6-20/h5-12,18,21,25H,3-4,13-17H2,1-2H3/t25-/m0/s1. The number of benzene rings is 2. The van der Waals surface area contributed by atoms with Gasteiger partial charge in [-0.15, -0.1) is 0 Å². The van der Waals surface area contributed by atoms with E-state index in [1.165, 1.54) is 24.0 Å². The number of piperidine rings is 1. The minimum absolute atomic E-state index is 0.0171. The van der Waals surface area contributed by atoms with Gasteiger partial charge in [0.25, 0.3) is 5.91 Å². The zero-order valence-corrected chi connectivity index (χ0v) is 20.6. The van der Waals surface area contributed by atoms with Crippen molar-refractivity contribution in [3.8, 4) is 0 Å². The summed E-state index contributed by atoms with van der Waals surface area (Å²) in [5.74, 6) is 0.832. The van der Waals surface area contributed by atoms with Crippen LogP contribution in [0.1, 0.15) is 55.5 Å². The van der Waals surface area contributed by atoms with E-state index < -0.39 is 0 Å². The molecular weight excluding hydrogens is 448 g/mol. The van der Waals surface area contributed by atoms with E-state index in [2.05, 4.69) is 26.0 Å². The molecule has 2 heterocycles. The number of ether oxygens (including phenoxy) is 1. The largest absolute Gasteiger partial charge is 0.447 e. The molecule has 2 aromatic rings. The molecule has 1 atom stereocenters. The fraction of sp³-hybridized carbons (Fsp3) is 0.429. The number of carbonyl (C=O) groups is 2. The predicted octanol–water partition coefficient (Wildman–Crippen LogP) is 6.42. The fourth-order valence-electron chi connectivity index (χ4n) is 5.23. The third-order valence-corrected chi connectivity index (χ3v) is 7.55. The summed E-state index contributed by atoms with van der Waals surface area (Å²) in [4.78, 5) is 29.1. The van der Waals surface area contributed by atoms with Crippen LogP contribution >= 0.6 is 11.6 Å². The molecule has 3 aliphatic rings. The van der Waals surface area contributed by atoms with Crippen LogP contribution in [0.25, 0.3) is 5.57 Å². The number of carbonyl (C=O) groups excluding carboxylic acids is 2. The van der Waals surface area contributed by atoms with E-state index in [1.807, 2.05) is 41.3 Å². The summed E-state index contributed by atoms with van der Waals surface area (Å²) in [6.45, 7) is 6.07. The Kier molecular flexibility index (Phi) is 6.39. The highest BCUT2D eigenvalue weighted by molar-refractivity contribution is 6.30. The van der Waals surface area contributed by atoms with Gasteiger partial charge in [0.15, 0.2) is 0 Å². The minimum atomic E-state index is -0.318.